The monoisotopic (exact) mass is 623 g/mol. The number of likely N-dealkylation sites (tertiary alicyclic amines) is 1. The molecule has 1 aliphatic rings. The highest BCUT2D eigenvalue weighted by Gasteiger charge is 2.27. The maximum Gasteiger partial charge on any atom is 0.261 e. The number of nitrogens with one attached hydrogen (secondary N) is 2. The Kier molecular flexibility index (Phi) is 8.79. The highest BCUT2D eigenvalue weighted by atomic mass is 79.9. The molecule has 2 N–H and O–H groups in total. The Hall–Kier alpha value is -2.59. The number of piperidine rings is 1. The van der Waals surface area contributed by atoms with E-state index in [0.717, 1.165) is 15.7 Å². The fourth-order valence-electron chi connectivity index (χ4n) is 4.02. The summed E-state index contributed by atoms with van der Waals surface area (Å²) in [7, 11) is -3.84. The van der Waals surface area contributed by atoms with Crippen LogP contribution in [0.5, 0.6) is 0 Å². The Bertz CT molecular complexity index is 1410. The van der Waals surface area contributed by atoms with Crippen molar-refractivity contribution < 1.29 is 18.0 Å². The van der Waals surface area contributed by atoms with Gasteiger partial charge in [0.05, 0.1) is 27.0 Å². The van der Waals surface area contributed by atoms with Crippen LogP contribution < -0.4 is 10.0 Å². The molecule has 0 spiro atoms. The predicted molar refractivity (Wildman–Crippen MR) is 149 cm³/mol. The number of hydrogen-bond acceptors (Lipinski definition) is 4. The van der Waals surface area contributed by atoms with Crippen LogP contribution in [0.3, 0.4) is 0 Å². The summed E-state index contributed by atoms with van der Waals surface area (Å²) in [5.41, 5.74) is 1.85. The number of carbonyl (C=O) groups excluding carboxylic acids is 2. The first kappa shape index (κ1) is 27.4. The van der Waals surface area contributed by atoms with E-state index in [2.05, 4.69) is 26.0 Å². The van der Waals surface area contributed by atoms with Crippen LogP contribution in [0.1, 0.15) is 18.4 Å². The molecule has 0 aromatic heterocycles. The van der Waals surface area contributed by atoms with Crippen LogP contribution in [0.4, 0.5) is 11.4 Å². The van der Waals surface area contributed by atoms with Gasteiger partial charge in [-0.15, -0.1) is 0 Å². The van der Waals surface area contributed by atoms with E-state index in [1.54, 1.807) is 29.2 Å². The fourth-order valence-corrected chi connectivity index (χ4v) is 5.85. The third kappa shape index (κ3) is 7.04. The van der Waals surface area contributed by atoms with Crippen molar-refractivity contribution in [2.45, 2.75) is 24.2 Å². The number of anilines is 2. The lowest BCUT2D eigenvalue weighted by Gasteiger charge is -2.31. The summed E-state index contributed by atoms with van der Waals surface area (Å²) in [6, 6.07) is 18.2. The number of rotatable bonds is 7. The quantitative estimate of drug-likeness (QED) is 0.338. The van der Waals surface area contributed by atoms with Crippen LogP contribution >= 0.6 is 39.1 Å². The van der Waals surface area contributed by atoms with E-state index < -0.39 is 10.0 Å². The summed E-state index contributed by atoms with van der Waals surface area (Å²) in [6.45, 7) is 1.02. The van der Waals surface area contributed by atoms with Gasteiger partial charge in [-0.1, -0.05) is 47.5 Å². The van der Waals surface area contributed by atoms with Crippen molar-refractivity contribution in [3.8, 4) is 0 Å². The molecule has 0 unspecified atom stereocenters. The molecule has 0 bridgehead atoms. The number of nitrogens with zero attached hydrogens (tertiary/aromatic N) is 1. The molecule has 3 aromatic rings. The SMILES string of the molecule is O=C(Nc1ccccc1Br)C1CCN(C(=O)Cc2ccc(NS(=O)(=O)c3ccc(Cl)c(Cl)c3)cc2)CC1. The van der Waals surface area contributed by atoms with Gasteiger partial charge in [-0.05, 0) is 76.8 Å². The molecule has 4 rings (SSSR count). The normalized spacial score (nSPS) is 14.3. The summed E-state index contributed by atoms with van der Waals surface area (Å²) in [5.74, 6) is -0.231. The Labute approximate surface area is 234 Å². The summed E-state index contributed by atoms with van der Waals surface area (Å²) in [5, 5.41) is 3.36. The molecule has 3 aromatic carbocycles. The third-order valence-corrected chi connectivity index (χ3v) is 8.92. The standard InChI is InChI=1S/C26H24BrCl2N3O4S/c27-21-3-1-2-4-24(21)30-26(34)18-11-13-32(14-12-18)25(33)15-17-5-7-19(8-6-17)31-37(35,36)20-9-10-22(28)23(29)16-20/h1-10,16,18,31H,11-15H2,(H,30,34). The van der Waals surface area contributed by atoms with Crippen LogP contribution in [0, 0.1) is 5.92 Å². The van der Waals surface area contributed by atoms with E-state index in [0.29, 0.717) is 31.6 Å². The highest BCUT2D eigenvalue weighted by molar-refractivity contribution is 9.10. The number of para-hydroxylation sites is 1. The zero-order valence-corrected chi connectivity index (χ0v) is 23.5. The molecule has 194 valence electrons. The zero-order chi connectivity index (χ0) is 26.6. The lowest BCUT2D eigenvalue weighted by molar-refractivity contribution is -0.133. The van der Waals surface area contributed by atoms with Crippen LogP contribution in [0.2, 0.25) is 10.0 Å². The maximum absolute atomic E-state index is 12.8. The number of amides is 2. The summed E-state index contributed by atoms with van der Waals surface area (Å²) < 4.78 is 28.6. The van der Waals surface area contributed by atoms with Gasteiger partial charge in [-0.3, -0.25) is 14.3 Å². The first-order chi connectivity index (χ1) is 17.6. The average Bonchev–Trinajstić information content (AvgIpc) is 2.88. The molecule has 0 saturated carbocycles. The van der Waals surface area contributed by atoms with Crippen molar-refractivity contribution in [3.63, 3.8) is 0 Å². The van der Waals surface area contributed by atoms with E-state index in [9.17, 15) is 18.0 Å². The second-order valence-corrected chi connectivity index (χ2v) is 12.0. The minimum absolute atomic E-state index is 0.00496. The first-order valence-corrected chi connectivity index (χ1v) is 14.6. The minimum atomic E-state index is -3.84. The van der Waals surface area contributed by atoms with Crippen molar-refractivity contribution >= 4 is 72.3 Å². The molecule has 2 amide bonds. The van der Waals surface area contributed by atoms with Crippen molar-refractivity contribution in [2.24, 2.45) is 5.92 Å². The van der Waals surface area contributed by atoms with Gasteiger partial charge < -0.3 is 10.2 Å². The van der Waals surface area contributed by atoms with E-state index in [1.165, 1.54) is 18.2 Å². The molecule has 1 aliphatic heterocycles. The zero-order valence-electron chi connectivity index (χ0n) is 19.6. The second-order valence-electron chi connectivity index (χ2n) is 8.68. The lowest BCUT2D eigenvalue weighted by Crippen LogP contribution is -2.42. The summed E-state index contributed by atoms with van der Waals surface area (Å²) >= 11 is 15.2. The Morgan fingerprint density at radius 3 is 2.27 bits per heavy atom. The molecular formula is C26H24BrCl2N3O4S. The van der Waals surface area contributed by atoms with Crippen LogP contribution in [0.25, 0.3) is 0 Å². The van der Waals surface area contributed by atoms with Gasteiger partial charge in [0.25, 0.3) is 10.0 Å². The number of benzene rings is 3. The van der Waals surface area contributed by atoms with Gasteiger partial charge in [-0.2, -0.15) is 0 Å². The Balaban J connectivity index is 1.28. The Morgan fingerprint density at radius 1 is 0.946 bits per heavy atom. The van der Waals surface area contributed by atoms with Crippen molar-refractivity contribution in [1.29, 1.82) is 0 Å². The minimum Gasteiger partial charge on any atom is -0.342 e. The maximum atomic E-state index is 12.8. The van der Waals surface area contributed by atoms with Crippen molar-refractivity contribution in [3.05, 3.63) is 86.8 Å². The molecule has 1 saturated heterocycles. The fraction of sp³-hybridized carbons (Fsp3) is 0.231. The lowest BCUT2D eigenvalue weighted by atomic mass is 9.95. The molecular weight excluding hydrogens is 601 g/mol. The summed E-state index contributed by atoms with van der Waals surface area (Å²) in [4.78, 5) is 27.2. The number of halogens is 3. The van der Waals surface area contributed by atoms with Gasteiger partial charge in [0.15, 0.2) is 0 Å². The van der Waals surface area contributed by atoms with Gasteiger partial charge in [0.1, 0.15) is 0 Å². The largest absolute Gasteiger partial charge is 0.342 e. The predicted octanol–water partition coefficient (Wildman–Crippen LogP) is 5.98. The van der Waals surface area contributed by atoms with Crippen LogP contribution in [-0.4, -0.2) is 38.2 Å². The third-order valence-electron chi connectivity index (χ3n) is 6.11. The van der Waals surface area contributed by atoms with E-state index in [4.69, 9.17) is 23.2 Å². The van der Waals surface area contributed by atoms with Gasteiger partial charge in [0.2, 0.25) is 11.8 Å². The number of sulfonamides is 1. The molecule has 11 heteroatoms. The molecule has 1 heterocycles. The van der Waals surface area contributed by atoms with E-state index in [-0.39, 0.29) is 39.1 Å². The smallest absolute Gasteiger partial charge is 0.261 e. The van der Waals surface area contributed by atoms with Crippen molar-refractivity contribution in [2.75, 3.05) is 23.1 Å². The van der Waals surface area contributed by atoms with E-state index >= 15 is 0 Å². The molecule has 37 heavy (non-hydrogen) atoms. The molecule has 0 aliphatic carbocycles. The molecule has 7 nitrogen and oxygen atoms in total. The Morgan fingerprint density at radius 2 is 1.62 bits per heavy atom. The number of carbonyl (C=O) groups is 2. The molecule has 1 fully saturated rings. The van der Waals surface area contributed by atoms with Crippen LogP contribution in [0.15, 0.2) is 76.1 Å². The second kappa shape index (κ2) is 11.9. The van der Waals surface area contributed by atoms with Gasteiger partial charge in [0, 0.05) is 29.2 Å². The van der Waals surface area contributed by atoms with E-state index in [1.807, 2.05) is 24.3 Å². The van der Waals surface area contributed by atoms with Crippen molar-refractivity contribution in [1.82, 2.24) is 4.90 Å². The summed E-state index contributed by atoms with van der Waals surface area (Å²) in [6.07, 6.45) is 1.38. The van der Waals surface area contributed by atoms with Gasteiger partial charge in [-0.25, -0.2) is 8.42 Å². The van der Waals surface area contributed by atoms with Gasteiger partial charge >= 0.3 is 0 Å². The average molecular weight is 625 g/mol. The molecule has 0 radical (unpaired) electrons. The topological polar surface area (TPSA) is 95.6 Å². The number of hydrogen-bond donors (Lipinski definition) is 2. The first-order valence-electron chi connectivity index (χ1n) is 11.5. The van der Waals surface area contributed by atoms with Crippen LogP contribution in [-0.2, 0) is 26.0 Å². The highest BCUT2D eigenvalue weighted by Crippen LogP contribution is 2.27. The molecule has 0 atom stereocenters.